The molecule has 0 radical (unpaired) electrons. The number of nitrogens with one attached hydrogen (secondary N) is 2. The molecule has 0 aliphatic carbocycles. The first-order chi connectivity index (χ1) is 22.8. The Balaban J connectivity index is 1.30. The Morgan fingerprint density at radius 2 is 1.94 bits per heavy atom. The SMILES string of the molecule is C[C@H]1[C@H]([Si](C)(C)F)[C@@H](CC(=O)N2CCC[C@H]2CO)O[C@]12C(=O)N(Cc1ccc(NC(=O)C3CCCNC3)cc1)c1ccc([N+](=O)[O-])cc12. The van der Waals surface area contributed by atoms with E-state index in [0.717, 1.165) is 31.4 Å². The Hall–Kier alpha value is -3.72. The summed E-state index contributed by atoms with van der Waals surface area (Å²) in [5.41, 5.74) is -0.585. The zero-order valence-corrected chi connectivity index (χ0v) is 28.6. The summed E-state index contributed by atoms with van der Waals surface area (Å²) in [6.07, 6.45) is 2.11. The quantitative estimate of drug-likeness (QED) is 0.154. The maximum absolute atomic E-state index is 16.2. The van der Waals surface area contributed by atoms with Crippen LogP contribution in [0.2, 0.25) is 18.6 Å². The van der Waals surface area contributed by atoms with Crippen LogP contribution in [0.3, 0.4) is 0 Å². The van der Waals surface area contributed by atoms with Crippen molar-refractivity contribution in [2.75, 3.05) is 36.5 Å². The van der Waals surface area contributed by atoms with Crippen molar-refractivity contribution >= 4 is 43.2 Å². The highest BCUT2D eigenvalue weighted by atomic mass is 28.4. The number of hydrogen-bond donors (Lipinski definition) is 3. The Morgan fingerprint density at radius 1 is 1.19 bits per heavy atom. The van der Waals surface area contributed by atoms with Gasteiger partial charge >= 0.3 is 0 Å². The molecule has 3 fully saturated rings. The second-order valence-electron chi connectivity index (χ2n) is 14.1. The van der Waals surface area contributed by atoms with E-state index in [-0.39, 0.29) is 49.0 Å². The number of piperidine rings is 1. The van der Waals surface area contributed by atoms with Gasteiger partial charge < -0.3 is 34.4 Å². The van der Waals surface area contributed by atoms with Crippen LogP contribution in [0, 0.1) is 22.0 Å². The summed E-state index contributed by atoms with van der Waals surface area (Å²) in [5.74, 6) is -1.59. The lowest BCUT2D eigenvalue weighted by Gasteiger charge is -2.31. The van der Waals surface area contributed by atoms with E-state index in [1.54, 1.807) is 24.0 Å². The van der Waals surface area contributed by atoms with Gasteiger partial charge in [0.15, 0.2) is 5.60 Å². The molecule has 4 aliphatic rings. The summed E-state index contributed by atoms with van der Waals surface area (Å²) < 4.78 is 22.9. The minimum atomic E-state index is -3.58. The number of carbonyl (C=O) groups is 3. The number of nitro groups is 1. The molecule has 0 aromatic heterocycles. The number of aliphatic hydroxyl groups excluding tert-OH is 1. The number of halogens is 1. The first-order valence-corrected chi connectivity index (χ1v) is 19.8. The molecule has 0 bridgehead atoms. The van der Waals surface area contributed by atoms with Crippen molar-refractivity contribution in [1.82, 2.24) is 10.2 Å². The number of anilines is 2. The lowest BCUT2D eigenvalue weighted by molar-refractivity contribution is -0.385. The summed E-state index contributed by atoms with van der Waals surface area (Å²) in [6, 6.07) is 11.1. The topological polar surface area (TPSA) is 154 Å². The minimum Gasteiger partial charge on any atom is -0.394 e. The average molecular weight is 682 g/mol. The first kappa shape index (κ1) is 34.2. The number of nitro benzene ring substituents is 1. The normalized spacial score (nSPS) is 28.6. The molecule has 3 saturated heterocycles. The molecule has 6 rings (SSSR count). The molecule has 258 valence electrons. The minimum absolute atomic E-state index is 0.0481. The Morgan fingerprint density at radius 3 is 2.58 bits per heavy atom. The number of rotatable bonds is 9. The van der Waals surface area contributed by atoms with Crippen molar-refractivity contribution in [3.05, 3.63) is 63.7 Å². The maximum Gasteiger partial charge on any atom is 0.269 e. The number of likely N-dealkylation sites (tertiary alicyclic amines) is 1. The first-order valence-electron chi connectivity index (χ1n) is 16.8. The van der Waals surface area contributed by atoms with Gasteiger partial charge in [-0.3, -0.25) is 24.5 Å². The number of ether oxygens (including phenoxy) is 1. The molecular weight excluding hydrogens is 637 g/mol. The van der Waals surface area contributed by atoms with Crippen LogP contribution in [0.1, 0.15) is 50.2 Å². The summed E-state index contributed by atoms with van der Waals surface area (Å²) in [5, 5.41) is 27.9. The molecule has 2 aromatic rings. The van der Waals surface area contributed by atoms with Crippen LogP contribution in [0.15, 0.2) is 42.5 Å². The Bertz CT molecular complexity index is 1580. The number of fused-ring (bicyclic) bond motifs is 2. The van der Waals surface area contributed by atoms with Gasteiger partial charge in [0.1, 0.15) is 0 Å². The van der Waals surface area contributed by atoms with Gasteiger partial charge in [0, 0.05) is 47.9 Å². The standard InChI is InChI=1S/C34H44FN5O7Si/c1-21-31(48(2,3)35)29(17-30(42)38-15-5-7-26(38)20-41)47-34(21)27-16-25(40(45)46)12-13-28(27)39(33(34)44)19-22-8-10-24(11-9-22)37-32(43)23-6-4-14-36-18-23/h8-13,16,21,23,26,29,31,36,41H,4-7,14-15,17-20H2,1-3H3,(H,37,43)/t21-,23?,26-,29+,31-,34+/m0/s1. The summed E-state index contributed by atoms with van der Waals surface area (Å²) in [6.45, 7) is 6.80. The van der Waals surface area contributed by atoms with Gasteiger partial charge in [-0.2, -0.15) is 0 Å². The highest BCUT2D eigenvalue weighted by molar-refractivity contribution is 6.72. The van der Waals surface area contributed by atoms with Crippen LogP contribution in [0.4, 0.5) is 21.2 Å². The summed E-state index contributed by atoms with van der Waals surface area (Å²) in [7, 11) is -3.58. The molecule has 4 aliphatic heterocycles. The van der Waals surface area contributed by atoms with E-state index < -0.39 is 42.4 Å². The molecule has 4 heterocycles. The molecule has 0 saturated carbocycles. The fourth-order valence-electron chi connectivity index (χ4n) is 8.35. The van der Waals surface area contributed by atoms with E-state index in [4.69, 9.17) is 4.74 Å². The largest absolute Gasteiger partial charge is 0.394 e. The molecule has 1 spiro atoms. The van der Waals surface area contributed by atoms with Gasteiger partial charge in [-0.15, -0.1) is 0 Å². The fourth-order valence-corrected chi connectivity index (χ4v) is 10.8. The number of aliphatic hydroxyl groups is 1. The van der Waals surface area contributed by atoms with Crippen molar-refractivity contribution in [3.63, 3.8) is 0 Å². The lowest BCUT2D eigenvalue weighted by atomic mass is 9.82. The van der Waals surface area contributed by atoms with E-state index in [2.05, 4.69) is 10.6 Å². The van der Waals surface area contributed by atoms with Gasteiger partial charge in [0.2, 0.25) is 20.2 Å². The third kappa shape index (κ3) is 6.14. The monoisotopic (exact) mass is 681 g/mol. The second kappa shape index (κ2) is 13.3. The van der Waals surface area contributed by atoms with Gasteiger partial charge in [-0.25, -0.2) is 0 Å². The zero-order chi connectivity index (χ0) is 34.4. The molecule has 14 heteroatoms. The van der Waals surface area contributed by atoms with Crippen LogP contribution in [-0.2, 0) is 31.3 Å². The van der Waals surface area contributed by atoms with Crippen molar-refractivity contribution in [1.29, 1.82) is 0 Å². The van der Waals surface area contributed by atoms with E-state index in [9.17, 15) is 29.6 Å². The third-order valence-electron chi connectivity index (χ3n) is 10.7. The van der Waals surface area contributed by atoms with Crippen molar-refractivity contribution < 1.29 is 33.3 Å². The zero-order valence-electron chi connectivity index (χ0n) is 27.6. The summed E-state index contributed by atoms with van der Waals surface area (Å²) >= 11 is 0. The van der Waals surface area contributed by atoms with Crippen LogP contribution < -0.4 is 15.5 Å². The molecule has 2 aromatic carbocycles. The number of benzene rings is 2. The van der Waals surface area contributed by atoms with Crippen LogP contribution in [0.5, 0.6) is 0 Å². The van der Waals surface area contributed by atoms with Crippen LogP contribution in [0.25, 0.3) is 0 Å². The molecule has 12 nitrogen and oxygen atoms in total. The van der Waals surface area contributed by atoms with Crippen LogP contribution in [-0.4, -0.2) is 79.4 Å². The van der Waals surface area contributed by atoms with Crippen molar-refractivity contribution in [2.24, 2.45) is 11.8 Å². The van der Waals surface area contributed by atoms with Gasteiger partial charge in [0.05, 0.1) is 48.2 Å². The summed E-state index contributed by atoms with van der Waals surface area (Å²) in [4.78, 5) is 55.4. The number of hydrogen-bond acceptors (Lipinski definition) is 8. The average Bonchev–Trinajstić information content (AvgIpc) is 3.72. The second-order valence-corrected chi connectivity index (χ2v) is 17.9. The highest BCUT2D eigenvalue weighted by Crippen LogP contribution is 2.60. The van der Waals surface area contributed by atoms with Crippen molar-refractivity contribution in [3.8, 4) is 0 Å². The predicted molar refractivity (Wildman–Crippen MR) is 179 cm³/mol. The van der Waals surface area contributed by atoms with E-state index >= 15 is 4.11 Å². The van der Waals surface area contributed by atoms with Gasteiger partial charge in [-0.1, -0.05) is 19.1 Å². The lowest BCUT2D eigenvalue weighted by Crippen LogP contribution is -2.45. The third-order valence-corrected chi connectivity index (χ3v) is 13.1. The van der Waals surface area contributed by atoms with Gasteiger partial charge in [-0.05, 0) is 69.1 Å². The fraction of sp³-hybridized carbons (Fsp3) is 0.559. The molecule has 3 amide bonds. The molecule has 48 heavy (non-hydrogen) atoms. The van der Waals surface area contributed by atoms with Crippen molar-refractivity contribution in [2.45, 2.75) is 82.0 Å². The molecule has 1 unspecified atom stereocenters. The van der Waals surface area contributed by atoms with Gasteiger partial charge in [0.25, 0.3) is 11.6 Å². The Labute approximate surface area is 280 Å². The van der Waals surface area contributed by atoms with E-state index in [0.29, 0.717) is 36.4 Å². The molecular formula is C34H44FN5O7Si. The number of carbonyl (C=O) groups excluding carboxylic acids is 3. The van der Waals surface area contributed by atoms with E-state index in [1.807, 2.05) is 12.1 Å². The Kier molecular flexibility index (Phi) is 9.46. The number of non-ortho nitro benzene ring substituents is 1. The highest BCUT2D eigenvalue weighted by Gasteiger charge is 2.67. The maximum atomic E-state index is 16.2. The molecule has 6 atom stereocenters. The van der Waals surface area contributed by atoms with Crippen LogP contribution >= 0.6 is 0 Å². The predicted octanol–water partition coefficient (Wildman–Crippen LogP) is 4.23. The number of nitrogens with zero attached hydrogens (tertiary/aromatic N) is 3. The number of amides is 3. The molecule has 3 N–H and O–H groups in total. The van der Waals surface area contributed by atoms with E-state index in [1.165, 1.54) is 36.2 Å². The smallest absolute Gasteiger partial charge is 0.269 e.